The monoisotopic (exact) mass is 195 g/mol. The smallest absolute Gasteiger partial charge is 0.297 e. The average molecular weight is 195 g/mol. The van der Waals surface area contributed by atoms with Gasteiger partial charge in [0, 0.05) is 6.20 Å². The molecule has 0 spiro atoms. The average Bonchev–Trinajstić information content (AvgIpc) is 2.32. The molecule has 0 saturated carbocycles. The SMILES string of the molecule is O=Cc1cnc(CC(F)(F)F)s1. The third-order valence-corrected chi connectivity index (χ3v) is 1.96. The van der Waals surface area contributed by atoms with Crippen molar-refractivity contribution in [1.82, 2.24) is 4.98 Å². The van der Waals surface area contributed by atoms with Crippen molar-refractivity contribution in [1.29, 1.82) is 0 Å². The first-order valence-corrected chi connectivity index (χ1v) is 3.79. The number of hydrogen-bond donors (Lipinski definition) is 0. The van der Waals surface area contributed by atoms with Gasteiger partial charge in [0.15, 0.2) is 6.29 Å². The standard InChI is InChI=1S/C6H4F3NOS/c7-6(8,9)1-5-10-2-4(3-11)12-5/h2-3H,1H2. The molecule has 0 aliphatic heterocycles. The minimum absolute atomic E-state index is 0.0791. The van der Waals surface area contributed by atoms with Crippen molar-refractivity contribution in [3.63, 3.8) is 0 Å². The van der Waals surface area contributed by atoms with E-state index in [4.69, 9.17) is 0 Å². The van der Waals surface area contributed by atoms with Crippen LogP contribution >= 0.6 is 11.3 Å². The Morgan fingerprint density at radius 1 is 1.58 bits per heavy atom. The van der Waals surface area contributed by atoms with Crippen molar-refractivity contribution in [2.75, 3.05) is 0 Å². The van der Waals surface area contributed by atoms with Crippen LogP contribution in [0.1, 0.15) is 14.7 Å². The number of thiazole rings is 1. The van der Waals surface area contributed by atoms with Crippen LogP contribution in [0.15, 0.2) is 6.20 Å². The Hall–Kier alpha value is -0.910. The lowest BCUT2D eigenvalue weighted by atomic mass is 10.4. The van der Waals surface area contributed by atoms with Gasteiger partial charge in [0.25, 0.3) is 0 Å². The molecule has 0 fully saturated rings. The number of aldehydes is 1. The highest BCUT2D eigenvalue weighted by Crippen LogP contribution is 2.23. The van der Waals surface area contributed by atoms with E-state index in [2.05, 4.69) is 4.98 Å². The quantitative estimate of drug-likeness (QED) is 0.676. The minimum atomic E-state index is -4.25. The van der Waals surface area contributed by atoms with Crippen molar-refractivity contribution in [3.8, 4) is 0 Å². The molecule has 1 aromatic heterocycles. The molecule has 0 amide bonds. The zero-order chi connectivity index (χ0) is 9.19. The molecule has 0 N–H and O–H groups in total. The highest BCUT2D eigenvalue weighted by Gasteiger charge is 2.29. The Morgan fingerprint density at radius 2 is 2.25 bits per heavy atom. The largest absolute Gasteiger partial charge is 0.395 e. The second kappa shape index (κ2) is 3.22. The fourth-order valence-electron chi connectivity index (χ4n) is 0.632. The van der Waals surface area contributed by atoms with Crippen LogP contribution < -0.4 is 0 Å². The fraction of sp³-hybridized carbons (Fsp3) is 0.333. The Morgan fingerprint density at radius 3 is 2.67 bits per heavy atom. The summed E-state index contributed by atoms with van der Waals surface area (Å²) in [6.07, 6.45) is -3.69. The van der Waals surface area contributed by atoms with Gasteiger partial charge in [-0.25, -0.2) is 4.98 Å². The maximum Gasteiger partial charge on any atom is 0.395 e. The molecule has 1 rings (SSSR count). The van der Waals surface area contributed by atoms with E-state index in [1.165, 1.54) is 0 Å². The number of aromatic nitrogens is 1. The van der Waals surface area contributed by atoms with Crippen LogP contribution in [-0.4, -0.2) is 17.4 Å². The van der Waals surface area contributed by atoms with Crippen LogP contribution in [0.3, 0.4) is 0 Å². The summed E-state index contributed by atoms with van der Waals surface area (Å²) in [5, 5.41) is -0.0791. The van der Waals surface area contributed by atoms with E-state index in [1.807, 2.05) is 0 Å². The topological polar surface area (TPSA) is 30.0 Å². The number of carbonyl (C=O) groups is 1. The molecular formula is C6H4F3NOS. The third kappa shape index (κ3) is 2.61. The van der Waals surface area contributed by atoms with Gasteiger partial charge in [0.2, 0.25) is 0 Å². The van der Waals surface area contributed by atoms with Gasteiger partial charge in [0.05, 0.1) is 11.3 Å². The van der Waals surface area contributed by atoms with Gasteiger partial charge in [-0.05, 0) is 0 Å². The van der Waals surface area contributed by atoms with E-state index in [0.29, 0.717) is 6.29 Å². The molecule has 2 nitrogen and oxygen atoms in total. The third-order valence-electron chi connectivity index (χ3n) is 1.04. The van der Waals surface area contributed by atoms with Gasteiger partial charge in [-0.15, -0.1) is 11.3 Å². The van der Waals surface area contributed by atoms with E-state index in [9.17, 15) is 18.0 Å². The molecule has 12 heavy (non-hydrogen) atoms. The lowest BCUT2D eigenvalue weighted by Gasteiger charge is -2.00. The van der Waals surface area contributed by atoms with Gasteiger partial charge in [-0.3, -0.25) is 4.79 Å². The first-order chi connectivity index (χ1) is 5.51. The van der Waals surface area contributed by atoms with Crippen molar-refractivity contribution in [2.45, 2.75) is 12.6 Å². The number of hydrogen-bond acceptors (Lipinski definition) is 3. The molecule has 1 aromatic rings. The van der Waals surface area contributed by atoms with Crippen LogP contribution in [0.4, 0.5) is 13.2 Å². The number of carbonyl (C=O) groups excluding carboxylic acids is 1. The predicted octanol–water partition coefficient (Wildman–Crippen LogP) is 2.06. The molecule has 66 valence electrons. The Kier molecular flexibility index (Phi) is 2.46. The summed E-state index contributed by atoms with van der Waals surface area (Å²) in [5.74, 6) is 0. The van der Waals surface area contributed by atoms with Gasteiger partial charge in [-0.2, -0.15) is 13.2 Å². The van der Waals surface area contributed by atoms with Gasteiger partial charge in [-0.1, -0.05) is 0 Å². The molecule has 0 atom stereocenters. The Balaban J connectivity index is 2.70. The molecular weight excluding hydrogens is 191 g/mol. The molecule has 0 saturated heterocycles. The predicted molar refractivity (Wildman–Crippen MR) is 37.3 cm³/mol. The number of rotatable bonds is 2. The summed E-state index contributed by atoms with van der Waals surface area (Å²) in [4.78, 5) is 13.7. The first-order valence-electron chi connectivity index (χ1n) is 2.98. The molecule has 1 heterocycles. The van der Waals surface area contributed by atoms with Crippen LogP contribution in [0.5, 0.6) is 0 Å². The van der Waals surface area contributed by atoms with Crippen LogP contribution in [-0.2, 0) is 6.42 Å². The molecule has 0 bridgehead atoms. The lowest BCUT2D eigenvalue weighted by molar-refractivity contribution is -0.127. The van der Waals surface area contributed by atoms with Gasteiger partial charge >= 0.3 is 6.18 Å². The van der Waals surface area contributed by atoms with E-state index in [1.54, 1.807) is 0 Å². The summed E-state index contributed by atoms with van der Waals surface area (Å²) < 4.78 is 35.2. The number of nitrogens with zero attached hydrogens (tertiary/aromatic N) is 1. The highest BCUT2D eigenvalue weighted by atomic mass is 32.1. The summed E-state index contributed by atoms with van der Waals surface area (Å²) in [7, 11) is 0. The van der Waals surface area contributed by atoms with E-state index in [0.717, 1.165) is 17.5 Å². The first kappa shape index (κ1) is 9.18. The summed E-state index contributed by atoms with van der Waals surface area (Å²) >= 11 is 0.761. The highest BCUT2D eigenvalue weighted by molar-refractivity contribution is 7.13. The second-order valence-electron chi connectivity index (χ2n) is 2.07. The lowest BCUT2D eigenvalue weighted by Crippen LogP contribution is -2.10. The van der Waals surface area contributed by atoms with Crippen molar-refractivity contribution >= 4 is 17.6 Å². The molecule has 0 aliphatic rings. The Bertz CT molecular complexity index is 281. The maximum atomic E-state index is 11.7. The fourth-order valence-corrected chi connectivity index (χ4v) is 1.40. The molecule has 0 aromatic carbocycles. The maximum absolute atomic E-state index is 11.7. The molecule has 0 radical (unpaired) electrons. The van der Waals surface area contributed by atoms with Crippen molar-refractivity contribution in [2.24, 2.45) is 0 Å². The summed E-state index contributed by atoms with van der Waals surface area (Å²) in [6.45, 7) is 0. The van der Waals surface area contributed by atoms with Crippen LogP contribution in [0, 0.1) is 0 Å². The van der Waals surface area contributed by atoms with Crippen molar-refractivity contribution in [3.05, 3.63) is 16.1 Å². The van der Waals surface area contributed by atoms with Crippen molar-refractivity contribution < 1.29 is 18.0 Å². The minimum Gasteiger partial charge on any atom is -0.297 e. The van der Waals surface area contributed by atoms with E-state index >= 15 is 0 Å². The second-order valence-corrected chi connectivity index (χ2v) is 3.21. The molecule has 6 heteroatoms. The summed E-state index contributed by atoms with van der Waals surface area (Å²) in [5.41, 5.74) is 0. The normalized spacial score (nSPS) is 11.6. The molecule has 0 aliphatic carbocycles. The van der Waals surface area contributed by atoms with Crippen LogP contribution in [0.25, 0.3) is 0 Å². The number of halogens is 3. The van der Waals surface area contributed by atoms with Crippen LogP contribution in [0.2, 0.25) is 0 Å². The Labute approximate surface area is 70.0 Å². The summed E-state index contributed by atoms with van der Waals surface area (Å²) in [6, 6.07) is 0. The zero-order valence-electron chi connectivity index (χ0n) is 5.76. The van der Waals surface area contributed by atoms with E-state index < -0.39 is 12.6 Å². The van der Waals surface area contributed by atoms with Gasteiger partial charge in [0.1, 0.15) is 5.01 Å². The molecule has 0 unspecified atom stereocenters. The zero-order valence-corrected chi connectivity index (χ0v) is 6.58. The van der Waals surface area contributed by atoms with Gasteiger partial charge < -0.3 is 0 Å². The van der Waals surface area contributed by atoms with E-state index in [-0.39, 0.29) is 9.88 Å². The number of alkyl halides is 3.